The lowest BCUT2D eigenvalue weighted by Gasteiger charge is -2.05. The molecule has 0 saturated heterocycles. The van der Waals surface area contributed by atoms with E-state index >= 15 is 0 Å². The van der Waals surface area contributed by atoms with Crippen molar-refractivity contribution in [3.05, 3.63) is 65.7 Å². The van der Waals surface area contributed by atoms with Crippen molar-refractivity contribution in [3.63, 3.8) is 0 Å². The Hall–Kier alpha value is -3.42. The molecule has 0 atom stereocenters. The Balaban J connectivity index is 1.36. The topological polar surface area (TPSA) is 78.3 Å². The van der Waals surface area contributed by atoms with Crippen LogP contribution in [-0.4, -0.2) is 27.7 Å². The third-order valence-corrected chi connectivity index (χ3v) is 3.84. The zero-order valence-electron chi connectivity index (χ0n) is 13.7. The molecule has 2 aromatic carbocycles. The Bertz CT molecular complexity index is 940. The lowest BCUT2D eigenvalue weighted by Crippen LogP contribution is -2.14. The summed E-state index contributed by atoms with van der Waals surface area (Å²) in [5.74, 6) is 0.769. The van der Waals surface area contributed by atoms with Crippen molar-refractivity contribution < 1.29 is 18.7 Å². The molecule has 4 rings (SSSR count). The van der Waals surface area contributed by atoms with Gasteiger partial charge in [-0.05, 0) is 29.8 Å². The van der Waals surface area contributed by atoms with Gasteiger partial charge in [0.2, 0.25) is 12.7 Å². The fourth-order valence-corrected chi connectivity index (χ4v) is 2.62. The standard InChI is InChI=1S/C18H15FN4O3/c19-13-3-1-12(2-4-13)9-23-10-15(21-22-23)8-18(24)20-14-5-6-16-17(7-14)26-11-25-16/h1-7,10H,8-9,11H2,(H,20,24). The fraction of sp³-hybridized carbons (Fsp3) is 0.167. The molecule has 0 saturated carbocycles. The Kier molecular flexibility index (Phi) is 4.22. The van der Waals surface area contributed by atoms with Gasteiger partial charge in [-0.25, -0.2) is 9.07 Å². The second-order valence-corrected chi connectivity index (χ2v) is 5.83. The molecule has 8 heteroatoms. The minimum absolute atomic E-state index is 0.0951. The predicted octanol–water partition coefficient (Wildman–Crippen LogP) is 2.38. The zero-order chi connectivity index (χ0) is 17.9. The van der Waals surface area contributed by atoms with Crippen LogP contribution in [0.1, 0.15) is 11.3 Å². The van der Waals surface area contributed by atoms with Crippen molar-refractivity contribution in [2.45, 2.75) is 13.0 Å². The van der Waals surface area contributed by atoms with Crippen molar-refractivity contribution in [1.29, 1.82) is 0 Å². The number of anilines is 1. The molecule has 1 aliphatic heterocycles. The first-order chi connectivity index (χ1) is 12.7. The number of ether oxygens (including phenoxy) is 2. The molecule has 0 fully saturated rings. The quantitative estimate of drug-likeness (QED) is 0.761. The summed E-state index contributed by atoms with van der Waals surface area (Å²) in [7, 11) is 0. The molecule has 1 aliphatic rings. The van der Waals surface area contributed by atoms with Gasteiger partial charge in [0, 0.05) is 18.0 Å². The van der Waals surface area contributed by atoms with Crippen LogP contribution in [0.5, 0.6) is 11.5 Å². The summed E-state index contributed by atoms with van der Waals surface area (Å²) >= 11 is 0. The summed E-state index contributed by atoms with van der Waals surface area (Å²) in [6.07, 6.45) is 1.79. The van der Waals surface area contributed by atoms with E-state index in [4.69, 9.17) is 9.47 Å². The predicted molar refractivity (Wildman–Crippen MR) is 90.4 cm³/mol. The van der Waals surface area contributed by atoms with Crippen molar-refractivity contribution in [2.75, 3.05) is 12.1 Å². The fourth-order valence-electron chi connectivity index (χ4n) is 2.62. The van der Waals surface area contributed by atoms with E-state index in [1.165, 1.54) is 12.1 Å². The number of amides is 1. The highest BCUT2D eigenvalue weighted by molar-refractivity contribution is 5.92. The Morgan fingerprint density at radius 2 is 1.96 bits per heavy atom. The molecule has 2 heterocycles. The maximum Gasteiger partial charge on any atom is 0.231 e. The highest BCUT2D eigenvalue weighted by Gasteiger charge is 2.15. The number of carbonyl (C=O) groups is 1. The number of hydrogen-bond acceptors (Lipinski definition) is 5. The van der Waals surface area contributed by atoms with E-state index < -0.39 is 0 Å². The number of nitrogens with zero attached hydrogens (tertiary/aromatic N) is 3. The van der Waals surface area contributed by atoms with Gasteiger partial charge in [0.25, 0.3) is 0 Å². The van der Waals surface area contributed by atoms with E-state index in [1.54, 1.807) is 41.2 Å². The molecule has 1 aromatic heterocycles. The maximum absolute atomic E-state index is 12.9. The van der Waals surface area contributed by atoms with Crippen molar-refractivity contribution >= 4 is 11.6 Å². The number of hydrogen-bond donors (Lipinski definition) is 1. The molecular formula is C18H15FN4O3. The van der Waals surface area contributed by atoms with Gasteiger partial charge in [-0.3, -0.25) is 4.79 Å². The van der Waals surface area contributed by atoms with Gasteiger partial charge in [0.05, 0.1) is 18.7 Å². The summed E-state index contributed by atoms with van der Waals surface area (Å²) in [6.45, 7) is 0.640. The number of halogens is 1. The van der Waals surface area contributed by atoms with E-state index in [1.807, 2.05) is 0 Å². The largest absolute Gasteiger partial charge is 0.454 e. The monoisotopic (exact) mass is 354 g/mol. The molecule has 26 heavy (non-hydrogen) atoms. The molecule has 7 nitrogen and oxygen atoms in total. The average molecular weight is 354 g/mol. The van der Waals surface area contributed by atoms with Crippen LogP contribution in [0.2, 0.25) is 0 Å². The summed E-state index contributed by atoms with van der Waals surface area (Å²) in [5, 5.41) is 10.8. The number of benzene rings is 2. The molecule has 0 aliphatic carbocycles. The van der Waals surface area contributed by atoms with E-state index in [-0.39, 0.29) is 24.9 Å². The first-order valence-corrected chi connectivity index (χ1v) is 7.99. The molecule has 132 valence electrons. The van der Waals surface area contributed by atoms with E-state index in [0.717, 1.165) is 5.56 Å². The lowest BCUT2D eigenvalue weighted by atomic mass is 10.2. The van der Waals surface area contributed by atoms with Gasteiger partial charge in [0.15, 0.2) is 11.5 Å². The van der Waals surface area contributed by atoms with Crippen LogP contribution in [-0.2, 0) is 17.8 Å². The Labute approximate surface area is 148 Å². The molecule has 1 N–H and O–H groups in total. The SMILES string of the molecule is O=C(Cc1cn(Cc2ccc(F)cc2)nn1)Nc1ccc2c(c1)OCO2. The number of nitrogens with one attached hydrogen (secondary N) is 1. The van der Waals surface area contributed by atoms with Gasteiger partial charge in [-0.2, -0.15) is 0 Å². The normalized spacial score (nSPS) is 12.2. The molecule has 0 unspecified atom stereocenters. The highest BCUT2D eigenvalue weighted by atomic mass is 19.1. The Morgan fingerprint density at radius 1 is 1.15 bits per heavy atom. The number of fused-ring (bicyclic) bond motifs is 1. The zero-order valence-corrected chi connectivity index (χ0v) is 13.7. The van der Waals surface area contributed by atoms with Crippen LogP contribution in [0.3, 0.4) is 0 Å². The van der Waals surface area contributed by atoms with E-state index in [2.05, 4.69) is 15.6 Å². The van der Waals surface area contributed by atoms with Crippen LogP contribution in [0, 0.1) is 5.82 Å². The molecular weight excluding hydrogens is 339 g/mol. The molecule has 3 aromatic rings. The third kappa shape index (κ3) is 3.64. The minimum atomic E-state index is -0.284. The van der Waals surface area contributed by atoms with Gasteiger partial charge in [0.1, 0.15) is 5.82 Å². The van der Waals surface area contributed by atoms with Gasteiger partial charge >= 0.3 is 0 Å². The Morgan fingerprint density at radius 3 is 2.81 bits per heavy atom. The van der Waals surface area contributed by atoms with Crippen molar-refractivity contribution in [2.24, 2.45) is 0 Å². The summed E-state index contributed by atoms with van der Waals surface area (Å²) < 4.78 is 25.1. The van der Waals surface area contributed by atoms with E-state index in [9.17, 15) is 9.18 Å². The number of rotatable bonds is 5. The van der Waals surface area contributed by atoms with Gasteiger partial charge in [-0.1, -0.05) is 17.3 Å². The lowest BCUT2D eigenvalue weighted by molar-refractivity contribution is -0.115. The number of aromatic nitrogens is 3. The van der Waals surface area contributed by atoms with Crippen LogP contribution in [0.4, 0.5) is 10.1 Å². The maximum atomic E-state index is 12.9. The average Bonchev–Trinajstić information content (AvgIpc) is 3.25. The van der Waals surface area contributed by atoms with Crippen molar-refractivity contribution in [3.8, 4) is 11.5 Å². The second-order valence-electron chi connectivity index (χ2n) is 5.83. The highest BCUT2D eigenvalue weighted by Crippen LogP contribution is 2.34. The minimum Gasteiger partial charge on any atom is -0.454 e. The van der Waals surface area contributed by atoms with Gasteiger partial charge in [-0.15, -0.1) is 5.10 Å². The molecule has 0 radical (unpaired) electrons. The molecule has 0 spiro atoms. The van der Waals surface area contributed by atoms with E-state index in [0.29, 0.717) is 29.4 Å². The van der Waals surface area contributed by atoms with Crippen LogP contribution < -0.4 is 14.8 Å². The first kappa shape index (κ1) is 16.1. The smallest absolute Gasteiger partial charge is 0.231 e. The van der Waals surface area contributed by atoms with Crippen LogP contribution in [0.15, 0.2) is 48.7 Å². The van der Waals surface area contributed by atoms with Crippen LogP contribution >= 0.6 is 0 Å². The third-order valence-electron chi connectivity index (χ3n) is 3.84. The van der Waals surface area contributed by atoms with Gasteiger partial charge < -0.3 is 14.8 Å². The van der Waals surface area contributed by atoms with Crippen molar-refractivity contribution in [1.82, 2.24) is 15.0 Å². The summed E-state index contributed by atoms with van der Waals surface area (Å²) in [4.78, 5) is 12.2. The second kappa shape index (κ2) is 6.83. The number of carbonyl (C=O) groups excluding carboxylic acids is 1. The summed E-state index contributed by atoms with van der Waals surface area (Å²) in [6, 6.07) is 11.4. The molecule has 1 amide bonds. The first-order valence-electron chi connectivity index (χ1n) is 7.99. The molecule has 0 bridgehead atoms. The summed E-state index contributed by atoms with van der Waals surface area (Å²) in [5.41, 5.74) is 2.07. The van der Waals surface area contributed by atoms with Crippen LogP contribution in [0.25, 0.3) is 0 Å².